The smallest absolute Gasteiger partial charge is 0.335 e. The Kier molecular flexibility index (Phi) is 5.32. The molecule has 19 heavy (non-hydrogen) atoms. The van der Waals surface area contributed by atoms with E-state index in [0.29, 0.717) is 17.9 Å². The van der Waals surface area contributed by atoms with Gasteiger partial charge in [-0.25, -0.2) is 4.79 Å². The molecular weight excluding hydrogens is 248 g/mol. The second-order valence-corrected chi connectivity index (χ2v) is 4.28. The van der Waals surface area contributed by atoms with Gasteiger partial charge < -0.3 is 20.9 Å². The number of nitrogens with two attached hydrogens (primary N) is 1. The average Bonchev–Trinajstić information content (AvgIpc) is 2.36. The van der Waals surface area contributed by atoms with Gasteiger partial charge in [0.15, 0.2) is 0 Å². The van der Waals surface area contributed by atoms with Gasteiger partial charge >= 0.3 is 5.97 Å². The molecule has 0 saturated carbocycles. The predicted octanol–water partition coefficient (Wildman–Crippen LogP) is 1.46. The summed E-state index contributed by atoms with van der Waals surface area (Å²) in [5.41, 5.74) is 6.00. The van der Waals surface area contributed by atoms with Gasteiger partial charge in [-0.15, -0.1) is 0 Å². The first-order valence-corrected chi connectivity index (χ1v) is 5.90. The van der Waals surface area contributed by atoms with E-state index in [1.165, 1.54) is 25.3 Å². The normalized spacial score (nSPS) is 11.7. The molecule has 1 aromatic rings. The Morgan fingerprint density at radius 2 is 2.16 bits per heavy atom. The molecular formula is C13H18N2O4. The number of rotatable bonds is 6. The van der Waals surface area contributed by atoms with Gasteiger partial charge in [0.2, 0.25) is 5.91 Å². The lowest BCUT2D eigenvalue weighted by molar-refractivity contribution is -0.116. The zero-order chi connectivity index (χ0) is 14.4. The first kappa shape index (κ1) is 15.0. The number of amides is 1. The van der Waals surface area contributed by atoms with Crippen molar-refractivity contribution in [3.63, 3.8) is 0 Å². The fourth-order valence-corrected chi connectivity index (χ4v) is 1.51. The van der Waals surface area contributed by atoms with E-state index < -0.39 is 5.97 Å². The van der Waals surface area contributed by atoms with Gasteiger partial charge in [0.05, 0.1) is 18.4 Å². The van der Waals surface area contributed by atoms with Crippen LogP contribution in [0.25, 0.3) is 0 Å². The molecule has 0 spiro atoms. The molecule has 1 rings (SSSR count). The van der Waals surface area contributed by atoms with Crippen LogP contribution in [0.3, 0.4) is 0 Å². The van der Waals surface area contributed by atoms with Crippen LogP contribution >= 0.6 is 0 Å². The summed E-state index contributed by atoms with van der Waals surface area (Å²) in [6.07, 6.45) is 0.838. The summed E-state index contributed by atoms with van der Waals surface area (Å²) >= 11 is 0. The number of hydrogen-bond donors (Lipinski definition) is 3. The Labute approximate surface area is 111 Å². The summed E-state index contributed by atoms with van der Waals surface area (Å²) in [4.78, 5) is 22.6. The molecule has 1 unspecified atom stereocenters. The third kappa shape index (κ3) is 4.59. The monoisotopic (exact) mass is 266 g/mol. The van der Waals surface area contributed by atoms with Crippen LogP contribution in [0.15, 0.2) is 18.2 Å². The number of ether oxygens (including phenoxy) is 1. The van der Waals surface area contributed by atoms with Crippen molar-refractivity contribution in [1.29, 1.82) is 0 Å². The zero-order valence-electron chi connectivity index (χ0n) is 11.0. The van der Waals surface area contributed by atoms with Crippen LogP contribution in [-0.2, 0) is 4.79 Å². The second kappa shape index (κ2) is 6.75. The SMILES string of the molecule is COc1ccc(C(=O)O)cc1NC(=O)CCC(C)N. The summed E-state index contributed by atoms with van der Waals surface area (Å²) in [7, 11) is 1.45. The Morgan fingerprint density at radius 1 is 1.47 bits per heavy atom. The van der Waals surface area contributed by atoms with Crippen molar-refractivity contribution in [2.75, 3.05) is 12.4 Å². The van der Waals surface area contributed by atoms with Crippen molar-refractivity contribution in [2.24, 2.45) is 5.73 Å². The highest BCUT2D eigenvalue weighted by Gasteiger charge is 2.12. The summed E-state index contributed by atoms with van der Waals surface area (Å²) in [5.74, 6) is -0.869. The van der Waals surface area contributed by atoms with Crippen molar-refractivity contribution in [1.82, 2.24) is 0 Å². The molecule has 0 aromatic heterocycles. The molecule has 0 bridgehead atoms. The van der Waals surface area contributed by atoms with Crippen LogP contribution in [0.1, 0.15) is 30.1 Å². The van der Waals surface area contributed by atoms with Crippen molar-refractivity contribution in [3.8, 4) is 5.75 Å². The van der Waals surface area contributed by atoms with Crippen LogP contribution in [-0.4, -0.2) is 30.1 Å². The number of nitrogens with one attached hydrogen (secondary N) is 1. The van der Waals surface area contributed by atoms with Gasteiger partial charge in [0.1, 0.15) is 5.75 Å². The first-order chi connectivity index (χ1) is 8.93. The Balaban J connectivity index is 2.82. The van der Waals surface area contributed by atoms with E-state index in [1.807, 2.05) is 6.92 Å². The Hall–Kier alpha value is -2.08. The largest absolute Gasteiger partial charge is 0.495 e. The van der Waals surface area contributed by atoms with Crippen molar-refractivity contribution in [3.05, 3.63) is 23.8 Å². The number of carbonyl (C=O) groups is 2. The van der Waals surface area contributed by atoms with Gasteiger partial charge in [0, 0.05) is 12.5 Å². The Morgan fingerprint density at radius 3 is 2.68 bits per heavy atom. The van der Waals surface area contributed by atoms with E-state index in [2.05, 4.69) is 5.32 Å². The predicted molar refractivity (Wildman–Crippen MR) is 71.5 cm³/mol. The standard InChI is InChI=1S/C13H18N2O4/c1-8(14)3-6-12(16)15-10-7-9(13(17)18)4-5-11(10)19-2/h4-5,7-8H,3,6,14H2,1-2H3,(H,15,16)(H,17,18). The minimum Gasteiger partial charge on any atom is -0.495 e. The zero-order valence-corrected chi connectivity index (χ0v) is 11.0. The highest BCUT2D eigenvalue weighted by molar-refractivity contribution is 5.95. The summed E-state index contributed by atoms with van der Waals surface area (Å²) in [6.45, 7) is 1.82. The molecule has 1 atom stereocenters. The topological polar surface area (TPSA) is 102 Å². The molecule has 0 aliphatic rings. The van der Waals surface area contributed by atoms with Gasteiger partial charge in [-0.3, -0.25) is 4.79 Å². The van der Waals surface area contributed by atoms with Crippen LogP contribution in [0.5, 0.6) is 5.75 Å². The molecule has 0 fully saturated rings. The van der Waals surface area contributed by atoms with Gasteiger partial charge in [-0.2, -0.15) is 0 Å². The number of benzene rings is 1. The molecule has 0 radical (unpaired) electrons. The number of methoxy groups -OCH3 is 1. The molecule has 1 amide bonds. The lowest BCUT2D eigenvalue weighted by atomic mass is 10.1. The number of aromatic carboxylic acids is 1. The summed E-state index contributed by atoms with van der Waals surface area (Å²) in [6, 6.07) is 4.23. The fraction of sp³-hybridized carbons (Fsp3) is 0.385. The number of hydrogen-bond acceptors (Lipinski definition) is 4. The molecule has 6 heteroatoms. The maximum Gasteiger partial charge on any atom is 0.335 e. The second-order valence-electron chi connectivity index (χ2n) is 4.28. The van der Waals surface area contributed by atoms with Crippen LogP contribution in [0, 0.1) is 0 Å². The van der Waals surface area contributed by atoms with E-state index in [4.69, 9.17) is 15.6 Å². The number of carboxylic acids is 1. The van der Waals surface area contributed by atoms with Crippen LogP contribution in [0.2, 0.25) is 0 Å². The van der Waals surface area contributed by atoms with E-state index in [9.17, 15) is 9.59 Å². The third-order valence-electron chi connectivity index (χ3n) is 2.55. The molecule has 1 aromatic carbocycles. The molecule has 104 valence electrons. The highest BCUT2D eigenvalue weighted by Crippen LogP contribution is 2.25. The quantitative estimate of drug-likeness (QED) is 0.723. The number of carbonyl (C=O) groups excluding carboxylic acids is 1. The highest BCUT2D eigenvalue weighted by atomic mass is 16.5. The molecule has 6 nitrogen and oxygen atoms in total. The molecule has 0 aliphatic carbocycles. The average molecular weight is 266 g/mol. The minimum absolute atomic E-state index is 0.0574. The van der Waals surface area contributed by atoms with Crippen LogP contribution < -0.4 is 15.8 Å². The van der Waals surface area contributed by atoms with E-state index in [-0.39, 0.29) is 23.9 Å². The number of anilines is 1. The summed E-state index contributed by atoms with van der Waals surface area (Å²) < 4.78 is 5.07. The molecule has 0 saturated heterocycles. The van der Waals surface area contributed by atoms with E-state index in [0.717, 1.165) is 0 Å². The number of carboxylic acid groups (broad SMARTS) is 1. The Bertz CT molecular complexity index is 472. The maximum atomic E-state index is 11.7. The molecule has 0 aliphatic heterocycles. The summed E-state index contributed by atoms with van der Waals surface area (Å²) in [5, 5.41) is 11.5. The van der Waals surface area contributed by atoms with Gasteiger partial charge in [-0.05, 0) is 31.5 Å². The molecule has 0 heterocycles. The maximum absolute atomic E-state index is 11.7. The van der Waals surface area contributed by atoms with Gasteiger partial charge in [-0.1, -0.05) is 0 Å². The third-order valence-corrected chi connectivity index (χ3v) is 2.55. The van der Waals surface area contributed by atoms with E-state index >= 15 is 0 Å². The fourth-order valence-electron chi connectivity index (χ4n) is 1.51. The minimum atomic E-state index is -1.06. The lowest BCUT2D eigenvalue weighted by Crippen LogP contribution is -2.19. The van der Waals surface area contributed by atoms with E-state index in [1.54, 1.807) is 0 Å². The van der Waals surface area contributed by atoms with Crippen LogP contribution in [0.4, 0.5) is 5.69 Å². The van der Waals surface area contributed by atoms with Gasteiger partial charge in [0.25, 0.3) is 0 Å². The van der Waals surface area contributed by atoms with Crippen molar-refractivity contribution >= 4 is 17.6 Å². The first-order valence-electron chi connectivity index (χ1n) is 5.90. The lowest BCUT2D eigenvalue weighted by Gasteiger charge is -2.11. The van der Waals surface area contributed by atoms with Crippen molar-refractivity contribution < 1.29 is 19.4 Å². The van der Waals surface area contributed by atoms with Crippen molar-refractivity contribution in [2.45, 2.75) is 25.8 Å². The molecule has 4 N–H and O–H groups in total.